The first-order chi connectivity index (χ1) is 7.06. The van der Waals surface area contributed by atoms with Crippen LogP contribution in [-0.2, 0) is 9.59 Å². The summed E-state index contributed by atoms with van der Waals surface area (Å²) >= 11 is 0. The van der Waals surface area contributed by atoms with Crippen LogP contribution in [0.15, 0.2) is 0 Å². The zero-order valence-corrected chi connectivity index (χ0v) is 8.77. The monoisotopic (exact) mass is 215 g/mol. The number of carbonyl (C=O) groups excluding carboxylic acids is 1. The van der Waals surface area contributed by atoms with Gasteiger partial charge in [-0.2, -0.15) is 0 Å². The number of hydrogen-bond donors (Lipinski definition) is 3. The number of hydrogen-bond acceptors (Lipinski definition) is 3. The smallest absolute Gasteiger partial charge is 0.307 e. The van der Waals surface area contributed by atoms with Gasteiger partial charge in [0.25, 0.3) is 0 Å². The molecule has 1 saturated carbocycles. The van der Waals surface area contributed by atoms with Crippen molar-refractivity contribution in [3.8, 4) is 0 Å². The zero-order valence-electron chi connectivity index (χ0n) is 8.77. The van der Waals surface area contributed by atoms with Gasteiger partial charge in [0, 0.05) is 6.04 Å². The van der Waals surface area contributed by atoms with Crippen molar-refractivity contribution in [1.82, 2.24) is 5.32 Å². The fourth-order valence-electron chi connectivity index (χ4n) is 1.96. The van der Waals surface area contributed by atoms with E-state index >= 15 is 0 Å². The second-order valence-electron chi connectivity index (χ2n) is 4.07. The van der Waals surface area contributed by atoms with Gasteiger partial charge < -0.3 is 15.5 Å². The van der Waals surface area contributed by atoms with Gasteiger partial charge in [-0.1, -0.05) is 6.42 Å². The van der Waals surface area contributed by atoms with Gasteiger partial charge in [0.05, 0.1) is 18.4 Å². The Hall–Kier alpha value is -1.10. The molecule has 1 amide bonds. The fraction of sp³-hybridized carbons (Fsp3) is 0.800. The number of aliphatic carboxylic acids is 1. The van der Waals surface area contributed by atoms with Gasteiger partial charge in [-0.3, -0.25) is 9.59 Å². The van der Waals surface area contributed by atoms with Gasteiger partial charge >= 0.3 is 5.97 Å². The molecule has 0 radical (unpaired) electrons. The molecule has 0 aliphatic heterocycles. The summed E-state index contributed by atoms with van der Waals surface area (Å²) in [7, 11) is 0. The van der Waals surface area contributed by atoms with Crippen molar-refractivity contribution in [3.63, 3.8) is 0 Å². The maximum Gasteiger partial charge on any atom is 0.307 e. The highest BCUT2D eigenvalue weighted by molar-refractivity contribution is 5.85. The standard InChI is InChI=1S/C10H17NO4/c1-6(5-12)11-9(13)7-3-2-4-8(7)10(14)15/h6-8,12H,2-5H2,1H3,(H,11,13)(H,14,15)/t6-,7?,8?/m0/s1. The minimum atomic E-state index is -0.899. The van der Waals surface area contributed by atoms with E-state index in [2.05, 4.69) is 5.32 Å². The summed E-state index contributed by atoms with van der Waals surface area (Å²) in [6.45, 7) is 1.55. The van der Waals surface area contributed by atoms with Crippen LogP contribution in [0, 0.1) is 11.8 Å². The van der Waals surface area contributed by atoms with Gasteiger partial charge in [-0.05, 0) is 19.8 Å². The van der Waals surface area contributed by atoms with Crippen molar-refractivity contribution in [1.29, 1.82) is 0 Å². The lowest BCUT2D eigenvalue weighted by Crippen LogP contribution is -2.41. The number of aliphatic hydroxyl groups is 1. The van der Waals surface area contributed by atoms with E-state index in [4.69, 9.17) is 10.2 Å². The van der Waals surface area contributed by atoms with Gasteiger partial charge in [-0.15, -0.1) is 0 Å². The van der Waals surface area contributed by atoms with Crippen molar-refractivity contribution in [2.24, 2.45) is 11.8 Å². The lowest BCUT2D eigenvalue weighted by molar-refractivity contribution is -0.146. The van der Waals surface area contributed by atoms with Crippen molar-refractivity contribution in [3.05, 3.63) is 0 Å². The fourth-order valence-corrected chi connectivity index (χ4v) is 1.96. The van der Waals surface area contributed by atoms with Crippen molar-refractivity contribution in [2.45, 2.75) is 32.2 Å². The number of aliphatic hydroxyl groups excluding tert-OH is 1. The summed E-state index contributed by atoms with van der Waals surface area (Å²) < 4.78 is 0. The number of nitrogens with one attached hydrogen (secondary N) is 1. The third kappa shape index (κ3) is 2.92. The number of carboxylic acid groups (broad SMARTS) is 1. The third-order valence-corrected chi connectivity index (χ3v) is 2.83. The Kier molecular flexibility index (Phi) is 4.08. The highest BCUT2D eigenvalue weighted by Crippen LogP contribution is 2.32. The van der Waals surface area contributed by atoms with Gasteiger partial charge in [0.1, 0.15) is 0 Å². The van der Waals surface area contributed by atoms with Crippen LogP contribution in [-0.4, -0.2) is 34.7 Å². The minimum absolute atomic E-state index is 0.129. The summed E-state index contributed by atoms with van der Waals surface area (Å²) in [6.07, 6.45) is 1.98. The van der Waals surface area contributed by atoms with E-state index in [1.54, 1.807) is 6.92 Å². The molecule has 3 N–H and O–H groups in total. The number of rotatable bonds is 4. The van der Waals surface area contributed by atoms with Crippen molar-refractivity contribution >= 4 is 11.9 Å². The molecule has 0 aromatic rings. The third-order valence-electron chi connectivity index (χ3n) is 2.83. The summed E-state index contributed by atoms with van der Waals surface area (Å²) in [6, 6.07) is -0.312. The summed E-state index contributed by atoms with van der Waals surface area (Å²) in [5.41, 5.74) is 0. The van der Waals surface area contributed by atoms with Gasteiger partial charge in [-0.25, -0.2) is 0 Å². The molecule has 0 heterocycles. The van der Waals surface area contributed by atoms with Crippen molar-refractivity contribution in [2.75, 3.05) is 6.61 Å². The van der Waals surface area contributed by atoms with Crippen LogP contribution in [0.2, 0.25) is 0 Å². The molecule has 2 unspecified atom stereocenters. The Labute approximate surface area is 88.5 Å². The van der Waals surface area contributed by atoms with E-state index in [0.29, 0.717) is 12.8 Å². The van der Waals surface area contributed by atoms with Crippen LogP contribution in [0.25, 0.3) is 0 Å². The Bertz CT molecular complexity index is 254. The summed E-state index contributed by atoms with van der Waals surface area (Å²) in [5.74, 6) is -2.14. The van der Waals surface area contributed by atoms with E-state index in [9.17, 15) is 9.59 Å². The predicted octanol–water partition coefficient (Wildman–Crippen LogP) is -0.0157. The lowest BCUT2D eigenvalue weighted by atomic mass is 9.95. The molecule has 0 saturated heterocycles. The van der Waals surface area contributed by atoms with Gasteiger partial charge in [0.15, 0.2) is 0 Å². The molecular weight excluding hydrogens is 198 g/mol. The average molecular weight is 215 g/mol. The molecule has 5 nitrogen and oxygen atoms in total. The largest absolute Gasteiger partial charge is 0.481 e. The van der Waals surface area contributed by atoms with E-state index in [-0.39, 0.29) is 18.6 Å². The van der Waals surface area contributed by atoms with Crippen molar-refractivity contribution < 1.29 is 19.8 Å². The molecule has 0 bridgehead atoms. The summed E-state index contributed by atoms with van der Waals surface area (Å²) in [5, 5.41) is 20.3. The molecule has 5 heteroatoms. The second-order valence-corrected chi connectivity index (χ2v) is 4.07. The Morgan fingerprint density at radius 2 is 2.00 bits per heavy atom. The van der Waals surface area contributed by atoms with Crippen LogP contribution in [0.1, 0.15) is 26.2 Å². The maximum atomic E-state index is 11.6. The Balaban J connectivity index is 2.55. The molecule has 0 aromatic carbocycles. The Morgan fingerprint density at radius 3 is 2.53 bits per heavy atom. The average Bonchev–Trinajstić information content (AvgIpc) is 2.65. The number of amides is 1. The molecule has 1 aliphatic carbocycles. The van der Waals surface area contributed by atoms with E-state index in [1.165, 1.54) is 0 Å². The van der Waals surface area contributed by atoms with Gasteiger partial charge in [0.2, 0.25) is 5.91 Å². The SMILES string of the molecule is C[C@@H](CO)NC(=O)C1CCCC1C(=O)O. The zero-order chi connectivity index (χ0) is 11.4. The van der Waals surface area contributed by atoms with E-state index in [1.807, 2.05) is 0 Å². The molecule has 0 spiro atoms. The second kappa shape index (κ2) is 5.11. The normalized spacial score (nSPS) is 27.3. The quantitative estimate of drug-likeness (QED) is 0.615. The molecule has 3 atom stereocenters. The van der Waals surface area contributed by atoms with Crippen LogP contribution in [0.5, 0.6) is 0 Å². The number of carboxylic acids is 1. The molecule has 1 aliphatic rings. The molecular formula is C10H17NO4. The number of carbonyl (C=O) groups is 2. The molecule has 0 aromatic heterocycles. The van der Waals surface area contributed by atoms with E-state index in [0.717, 1.165) is 6.42 Å². The highest BCUT2D eigenvalue weighted by Gasteiger charge is 2.37. The minimum Gasteiger partial charge on any atom is -0.481 e. The van der Waals surface area contributed by atoms with E-state index < -0.39 is 17.8 Å². The van der Waals surface area contributed by atoms with Crippen LogP contribution in [0.3, 0.4) is 0 Å². The molecule has 1 rings (SSSR count). The van der Waals surface area contributed by atoms with Crippen LogP contribution >= 0.6 is 0 Å². The van der Waals surface area contributed by atoms with Crippen LogP contribution < -0.4 is 5.32 Å². The highest BCUT2D eigenvalue weighted by atomic mass is 16.4. The summed E-state index contributed by atoms with van der Waals surface area (Å²) in [4.78, 5) is 22.5. The lowest BCUT2D eigenvalue weighted by Gasteiger charge is -2.18. The first-order valence-electron chi connectivity index (χ1n) is 5.20. The molecule has 86 valence electrons. The predicted molar refractivity (Wildman–Crippen MR) is 53.2 cm³/mol. The Morgan fingerprint density at radius 1 is 1.40 bits per heavy atom. The first kappa shape index (κ1) is 12.0. The molecule has 1 fully saturated rings. The van der Waals surface area contributed by atoms with Crippen LogP contribution in [0.4, 0.5) is 0 Å². The molecule has 15 heavy (non-hydrogen) atoms. The topological polar surface area (TPSA) is 86.6 Å². The maximum absolute atomic E-state index is 11.6. The first-order valence-corrected chi connectivity index (χ1v) is 5.20.